The van der Waals surface area contributed by atoms with Gasteiger partial charge in [-0.3, -0.25) is 4.98 Å². The molecule has 1 N–H and O–H groups in total. The zero-order chi connectivity index (χ0) is 9.97. The Hall–Kier alpha value is -1.75. The van der Waals surface area contributed by atoms with Crippen LogP contribution in [0.25, 0.3) is 11.5 Å². The third-order valence-electron chi connectivity index (χ3n) is 1.77. The fourth-order valence-electron chi connectivity index (χ4n) is 1.03. The van der Waals surface area contributed by atoms with Gasteiger partial charge in [0.15, 0.2) is 5.82 Å². The van der Waals surface area contributed by atoms with Gasteiger partial charge >= 0.3 is 0 Å². The molecule has 5 nitrogen and oxygen atoms in total. The molecule has 2 heterocycles. The zero-order valence-electron chi connectivity index (χ0n) is 7.64. The molecule has 0 radical (unpaired) electrons. The van der Waals surface area contributed by atoms with Crippen molar-refractivity contribution in [2.45, 2.75) is 13.5 Å². The second kappa shape index (κ2) is 3.55. The van der Waals surface area contributed by atoms with E-state index in [1.807, 2.05) is 19.1 Å². The average Bonchev–Trinajstić information content (AvgIpc) is 2.67. The standard InChI is InChI=1S/C9H9N3O2/c1-6-2-3-7(4-10-6)9-11-8(5-13)12-14-9/h2-4,13H,5H2,1H3. The SMILES string of the molecule is Cc1ccc(-c2nc(CO)no2)cn1. The molecule has 0 amide bonds. The van der Waals surface area contributed by atoms with E-state index in [4.69, 9.17) is 9.63 Å². The van der Waals surface area contributed by atoms with Crippen molar-refractivity contribution in [1.82, 2.24) is 15.1 Å². The van der Waals surface area contributed by atoms with Gasteiger partial charge in [0.25, 0.3) is 5.89 Å². The summed E-state index contributed by atoms with van der Waals surface area (Å²) in [6.45, 7) is 1.68. The van der Waals surface area contributed by atoms with Crippen LogP contribution in [-0.4, -0.2) is 20.2 Å². The van der Waals surface area contributed by atoms with Crippen LogP contribution in [0.5, 0.6) is 0 Å². The van der Waals surface area contributed by atoms with E-state index in [1.165, 1.54) is 0 Å². The maximum atomic E-state index is 8.74. The maximum Gasteiger partial charge on any atom is 0.259 e. The van der Waals surface area contributed by atoms with Crippen molar-refractivity contribution in [1.29, 1.82) is 0 Å². The fourth-order valence-corrected chi connectivity index (χ4v) is 1.03. The number of pyridine rings is 1. The van der Waals surface area contributed by atoms with E-state index in [1.54, 1.807) is 6.20 Å². The Morgan fingerprint density at radius 3 is 2.86 bits per heavy atom. The summed E-state index contributed by atoms with van der Waals surface area (Å²) < 4.78 is 4.92. The molecule has 72 valence electrons. The molecule has 2 aromatic heterocycles. The highest BCUT2D eigenvalue weighted by molar-refractivity contribution is 5.50. The number of aliphatic hydroxyl groups excluding tert-OH is 1. The van der Waals surface area contributed by atoms with Crippen LogP contribution in [0.1, 0.15) is 11.5 Å². The number of aryl methyl sites for hydroxylation is 1. The lowest BCUT2D eigenvalue weighted by atomic mass is 10.2. The van der Waals surface area contributed by atoms with E-state index in [9.17, 15) is 0 Å². The van der Waals surface area contributed by atoms with Crippen molar-refractivity contribution >= 4 is 0 Å². The molecule has 0 unspecified atom stereocenters. The molecule has 0 aromatic carbocycles. The van der Waals surface area contributed by atoms with Crippen LogP contribution < -0.4 is 0 Å². The van der Waals surface area contributed by atoms with E-state index in [0.29, 0.717) is 5.89 Å². The van der Waals surface area contributed by atoms with Gasteiger partial charge in [-0.05, 0) is 19.1 Å². The van der Waals surface area contributed by atoms with E-state index in [-0.39, 0.29) is 12.4 Å². The summed E-state index contributed by atoms with van der Waals surface area (Å²) in [4.78, 5) is 8.06. The van der Waals surface area contributed by atoms with Gasteiger partial charge in [-0.25, -0.2) is 0 Å². The monoisotopic (exact) mass is 191 g/mol. The van der Waals surface area contributed by atoms with Crippen molar-refractivity contribution in [3.8, 4) is 11.5 Å². The molecule has 0 saturated carbocycles. The summed E-state index contributed by atoms with van der Waals surface area (Å²) in [6, 6.07) is 3.70. The summed E-state index contributed by atoms with van der Waals surface area (Å²) in [5.41, 5.74) is 1.68. The number of nitrogens with zero attached hydrogens (tertiary/aromatic N) is 3. The molecule has 0 aliphatic carbocycles. The van der Waals surface area contributed by atoms with Crippen LogP contribution in [-0.2, 0) is 6.61 Å². The average molecular weight is 191 g/mol. The van der Waals surface area contributed by atoms with Gasteiger partial charge in [0.2, 0.25) is 0 Å². The van der Waals surface area contributed by atoms with Crippen molar-refractivity contribution in [3.05, 3.63) is 29.8 Å². The fraction of sp³-hybridized carbons (Fsp3) is 0.222. The number of hydrogen-bond donors (Lipinski definition) is 1. The lowest BCUT2D eigenvalue weighted by molar-refractivity contribution is 0.264. The molecule has 0 saturated heterocycles. The van der Waals surface area contributed by atoms with Crippen LogP contribution in [0.4, 0.5) is 0 Å². The van der Waals surface area contributed by atoms with E-state index in [2.05, 4.69) is 15.1 Å². The zero-order valence-corrected chi connectivity index (χ0v) is 7.64. The van der Waals surface area contributed by atoms with E-state index >= 15 is 0 Å². The largest absolute Gasteiger partial charge is 0.388 e. The topological polar surface area (TPSA) is 72.0 Å². The Kier molecular flexibility index (Phi) is 2.24. The third kappa shape index (κ3) is 1.62. The molecule has 0 atom stereocenters. The predicted octanol–water partition coefficient (Wildman–Crippen LogP) is 0.932. The van der Waals surface area contributed by atoms with Crippen molar-refractivity contribution in [2.75, 3.05) is 0 Å². The molecule has 0 bridgehead atoms. The highest BCUT2D eigenvalue weighted by atomic mass is 16.5. The molecule has 2 aromatic rings. The van der Waals surface area contributed by atoms with Gasteiger partial charge in [-0.1, -0.05) is 5.16 Å². The van der Waals surface area contributed by atoms with E-state index in [0.717, 1.165) is 11.3 Å². The molecule has 0 aliphatic rings. The smallest absolute Gasteiger partial charge is 0.259 e. The normalized spacial score (nSPS) is 10.4. The third-order valence-corrected chi connectivity index (χ3v) is 1.77. The van der Waals surface area contributed by atoms with Gasteiger partial charge in [0, 0.05) is 11.9 Å². The Labute approximate surface area is 80.4 Å². The van der Waals surface area contributed by atoms with Gasteiger partial charge in [-0.15, -0.1) is 0 Å². The van der Waals surface area contributed by atoms with Crippen LogP contribution in [0.15, 0.2) is 22.9 Å². The minimum absolute atomic E-state index is 0.219. The van der Waals surface area contributed by atoms with Gasteiger partial charge < -0.3 is 9.63 Å². The number of aromatic nitrogens is 3. The van der Waals surface area contributed by atoms with Crippen LogP contribution >= 0.6 is 0 Å². The summed E-state index contributed by atoms with van der Waals surface area (Å²) in [6.07, 6.45) is 1.66. The first-order valence-electron chi connectivity index (χ1n) is 4.16. The number of hydrogen-bond acceptors (Lipinski definition) is 5. The van der Waals surface area contributed by atoms with Crippen molar-refractivity contribution < 1.29 is 9.63 Å². The molecule has 5 heteroatoms. The number of aliphatic hydroxyl groups is 1. The quantitative estimate of drug-likeness (QED) is 0.764. The second-order valence-electron chi connectivity index (χ2n) is 2.86. The van der Waals surface area contributed by atoms with Crippen molar-refractivity contribution in [2.24, 2.45) is 0 Å². The molecular formula is C9H9N3O2. The first kappa shape index (κ1) is 8.83. The lowest BCUT2D eigenvalue weighted by Crippen LogP contribution is -1.86. The molecule has 2 rings (SSSR count). The van der Waals surface area contributed by atoms with Crippen LogP contribution in [0.2, 0.25) is 0 Å². The van der Waals surface area contributed by atoms with Gasteiger partial charge in [-0.2, -0.15) is 4.98 Å². The lowest BCUT2D eigenvalue weighted by Gasteiger charge is -1.93. The van der Waals surface area contributed by atoms with E-state index < -0.39 is 0 Å². The summed E-state index contributed by atoms with van der Waals surface area (Å²) >= 11 is 0. The minimum atomic E-state index is -0.219. The Morgan fingerprint density at radius 1 is 1.43 bits per heavy atom. The van der Waals surface area contributed by atoms with Gasteiger partial charge in [0.1, 0.15) is 6.61 Å². The highest BCUT2D eigenvalue weighted by Gasteiger charge is 2.07. The maximum absolute atomic E-state index is 8.74. The molecule has 0 spiro atoms. The molecule has 0 aliphatic heterocycles. The minimum Gasteiger partial charge on any atom is -0.388 e. The van der Waals surface area contributed by atoms with Crippen LogP contribution in [0, 0.1) is 6.92 Å². The predicted molar refractivity (Wildman–Crippen MR) is 48.2 cm³/mol. The Morgan fingerprint density at radius 2 is 2.29 bits per heavy atom. The summed E-state index contributed by atoms with van der Waals surface area (Å²) in [5.74, 6) is 0.655. The van der Waals surface area contributed by atoms with Gasteiger partial charge in [0.05, 0.1) is 5.56 Å². The van der Waals surface area contributed by atoms with Crippen molar-refractivity contribution in [3.63, 3.8) is 0 Å². The number of rotatable bonds is 2. The summed E-state index contributed by atoms with van der Waals surface area (Å²) in [7, 11) is 0. The summed E-state index contributed by atoms with van der Waals surface area (Å²) in [5, 5.41) is 12.3. The Bertz CT molecular complexity index is 422. The molecule has 0 fully saturated rings. The van der Waals surface area contributed by atoms with Crippen LogP contribution in [0.3, 0.4) is 0 Å². The molecular weight excluding hydrogens is 182 g/mol. The first-order chi connectivity index (χ1) is 6.79. The first-order valence-corrected chi connectivity index (χ1v) is 4.16. The Balaban J connectivity index is 2.34. The highest BCUT2D eigenvalue weighted by Crippen LogP contribution is 2.15. The molecule has 14 heavy (non-hydrogen) atoms. The second-order valence-corrected chi connectivity index (χ2v) is 2.86.